The van der Waals surface area contributed by atoms with Crippen LogP contribution in [0, 0.1) is 11.8 Å². The Morgan fingerprint density at radius 2 is 1.91 bits per heavy atom. The van der Waals surface area contributed by atoms with Crippen molar-refractivity contribution in [3.8, 4) is 0 Å². The molecule has 2 atom stereocenters. The van der Waals surface area contributed by atoms with E-state index < -0.39 is 0 Å². The molecule has 2 heteroatoms. The number of aldehydes is 2. The highest BCUT2D eigenvalue weighted by molar-refractivity contribution is 5.52. The largest absolute Gasteiger partial charge is 0.303 e. The first-order valence-corrected chi connectivity index (χ1v) is 4.09. The van der Waals surface area contributed by atoms with Crippen molar-refractivity contribution in [2.24, 2.45) is 11.8 Å². The van der Waals surface area contributed by atoms with Gasteiger partial charge < -0.3 is 9.59 Å². The van der Waals surface area contributed by atoms with Gasteiger partial charge in [0.05, 0.1) is 0 Å². The molecule has 0 heterocycles. The van der Waals surface area contributed by atoms with Crippen LogP contribution in [0.3, 0.4) is 0 Å². The molecule has 64 valence electrons. The molecule has 0 rings (SSSR count). The van der Waals surface area contributed by atoms with Gasteiger partial charge in [-0.2, -0.15) is 0 Å². The van der Waals surface area contributed by atoms with E-state index in [1.165, 1.54) is 0 Å². The molecule has 2 unspecified atom stereocenters. The Bertz CT molecular complexity index is 121. The van der Waals surface area contributed by atoms with E-state index in [4.69, 9.17) is 0 Å². The first-order chi connectivity index (χ1) is 5.20. The van der Waals surface area contributed by atoms with Crippen LogP contribution in [-0.2, 0) is 9.59 Å². The Hall–Kier alpha value is -0.660. The predicted octanol–water partition coefficient (Wildman–Crippen LogP) is 1.83. The van der Waals surface area contributed by atoms with Crippen LogP contribution in [0.1, 0.15) is 33.1 Å². The third-order valence-corrected chi connectivity index (χ3v) is 1.78. The van der Waals surface area contributed by atoms with E-state index in [1.54, 1.807) is 0 Å². The standard InChI is InChI=1S/C9H16O2/c1-8(4-3-5-10)6-9(2)7-11/h5,7-9H,3-4,6H2,1-2H3. The van der Waals surface area contributed by atoms with Crippen LogP contribution in [0.4, 0.5) is 0 Å². The Morgan fingerprint density at radius 3 is 2.36 bits per heavy atom. The summed E-state index contributed by atoms with van der Waals surface area (Å²) in [4.78, 5) is 20.2. The highest BCUT2D eigenvalue weighted by Crippen LogP contribution is 2.14. The maximum absolute atomic E-state index is 10.2. The topological polar surface area (TPSA) is 34.1 Å². The van der Waals surface area contributed by atoms with Crippen LogP contribution < -0.4 is 0 Å². The fourth-order valence-electron chi connectivity index (χ4n) is 1.16. The summed E-state index contributed by atoms with van der Waals surface area (Å²) in [5.41, 5.74) is 0. The van der Waals surface area contributed by atoms with Crippen molar-refractivity contribution in [1.82, 2.24) is 0 Å². The summed E-state index contributed by atoms with van der Waals surface area (Å²) in [6.07, 6.45) is 4.32. The van der Waals surface area contributed by atoms with Gasteiger partial charge in [-0.05, 0) is 18.8 Å². The van der Waals surface area contributed by atoms with Crippen LogP contribution in [0.25, 0.3) is 0 Å². The molecule has 2 nitrogen and oxygen atoms in total. The summed E-state index contributed by atoms with van der Waals surface area (Å²) in [6, 6.07) is 0. The molecular formula is C9H16O2. The number of hydrogen-bond acceptors (Lipinski definition) is 2. The maximum Gasteiger partial charge on any atom is 0.122 e. The van der Waals surface area contributed by atoms with Gasteiger partial charge in [0.1, 0.15) is 12.6 Å². The highest BCUT2D eigenvalue weighted by Gasteiger charge is 2.06. The van der Waals surface area contributed by atoms with Gasteiger partial charge in [0, 0.05) is 12.3 Å². The molecule has 0 amide bonds. The Balaban J connectivity index is 3.42. The molecule has 0 saturated carbocycles. The second-order valence-corrected chi connectivity index (χ2v) is 3.20. The lowest BCUT2D eigenvalue weighted by Crippen LogP contribution is -2.04. The summed E-state index contributed by atoms with van der Waals surface area (Å²) >= 11 is 0. The molecule has 0 bridgehead atoms. The first-order valence-electron chi connectivity index (χ1n) is 4.09. The minimum absolute atomic E-state index is 0.136. The summed E-state index contributed by atoms with van der Waals surface area (Å²) in [7, 11) is 0. The van der Waals surface area contributed by atoms with Gasteiger partial charge in [-0.25, -0.2) is 0 Å². The van der Waals surface area contributed by atoms with Crippen molar-refractivity contribution in [3.63, 3.8) is 0 Å². The molecule has 11 heavy (non-hydrogen) atoms. The smallest absolute Gasteiger partial charge is 0.122 e. The zero-order chi connectivity index (χ0) is 8.69. The van der Waals surface area contributed by atoms with Crippen molar-refractivity contribution < 1.29 is 9.59 Å². The lowest BCUT2D eigenvalue weighted by atomic mass is 9.95. The quantitative estimate of drug-likeness (QED) is 0.550. The van der Waals surface area contributed by atoms with Gasteiger partial charge in [-0.1, -0.05) is 13.8 Å². The van der Waals surface area contributed by atoms with Gasteiger partial charge in [-0.3, -0.25) is 0 Å². The fourth-order valence-corrected chi connectivity index (χ4v) is 1.16. The van der Waals surface area contributed by atoms with E-state index >= 15 is 0 Å². The molecule has 0 aromatic rings. The minimum atomic E-state index is 0.136. The highest BCUT2D eigenvalue weighted by atomic mass is 16.1. The Labute approximate surface area is 68.0 Å². The lowest BCUT2D eigenvalue weighted by molar-refractivity contribution is -0.111. The van der Waals surface area contributed by atoms with Crippen LogP contribution in [0.15, 0.2) is 0 Å². The molecule has 0 aliphatic heterocycles. The van der Waals surface area contributed by atoms with Crippen molar-refractivity contribution in [2.45, 2.75) is 33.1 Å². The van der Waals surface area contributed by atoms with Gasteiger partial charge in [-0.15, -0.1) is 0 Å². The zero-order valence-corrected chi connectivity index (χ0v) is 7.25. The molecule has 0 saturated heterocycles. The second kappa shape index (κ2) is 6.08. The van der Waals surface area contributed by atoms with Crippen LogP contribution in [-0.4, -0.2) is 12.6 Å². The predicted molar refractivity (Wildman–Crippen MR) is 44.3 cm³/mol. The van der Waals surface area contributed by atoms with E-state index in [0.717, 1.165) is 25.4 Å². The van der Waals surface area contributed by atoms with Crippen molar-refractivity contribution >= 4 is 12.6 Å². The summed E-state index contributed by atoms with van der Waals surface area (Å²) in [5.74, 6) is 0.622. The third kappa shape index (κ3) is 5.77. The van der Waals surface area contributed by atoms with Crippen LogP contribution >= 0.6 is 0 Å². The maximum atomic E-state index is 10.2. The molecule has 0 aliphatic carbocycles. The lowest BCUT2D eigenvalue weighted by Gasteiger charge is -2.10. The van der Waals surface area contributed by atoms with Crippen LogP contribution in [0.2, 0.25) is 0 Å². The number of rotatable bonds is 6. The summed E-state index contributed by atoms with van der Waals surface area (Å²) in [6.45, 7) is 3.98. The van der Waals surface area contributed by atoms with Crippen molar-refractivity contribution in [2.75, 3.05) is 0 Å². The average molecular weight is 156 g/mol. The molecule has 0 spiro atoms. The minimum Gasteiger partial charge on any atom is -0.303 e. The Morgan fingerprint density at radius 1 is 1.27 bits per heavy atom. The van der Waals surface area contributed by atoms with Gasteiger partial charge >= 0.3 is 0 Å². The normalized spacial score (nSPS) is 15.5. The number of carbonyl (C=O) groups is 2. The molecule has 0 radical (unpaired) electrons. The molecule has 0 aliphatic rings. The van der Waals surface area contributed by atoms with Gasteiger partial charge in [0.15, 0.2) is 0 Å². The molecule has 0 aromatic heterocycles. The molecule has 0 N–H and O–H groups in total. The first kappa shape index (κ1) is 10.3. The van der Waals surface area contributed by atoms with Gasteiger partial charge in [0.2, 0.25) is 0 Å². The molecule has 0 fully saturated rings. The zero-order valence-electron chi connectivity index (χ0n) is 7.25. The van der Waals surface area contributed by atoms with Crippen LogP contribution in [0.5, 0.6) is 0 Å². The van der Waals surface area contributed by atoms with E-state index in [9.17, 15) is 9.59 Å². The summed E-state index contributed by atoms with van der Waals surface area (Å²) in [5, 5.41) is 0. The van der Waals surface area contributed by atoms with E-state index in [-0.39, 0.29) is 5.92 Å². The van der Waals surface area contributed by atoms with Crippen molar-refractivity contribution in [1.29, 1.82) is 0 Å². The monoisotopic (exact) mass is 156 g/mol. The fraction of sp³-hybridized carbons (Fsp3) is 0.778. The van der Waals surface area contributed by atoms with E-state index in [0.29, 0.717) is 12.3 Å². The SMILES string of the molecule is CC(C=O)CC(C)CCC=O. The average Bonchev–Trinajstić information content (AvgIpc) is 2.00. The second-order valence-electron chi connectivity index (χ2n) is 3.20. The molecular weight excluding hydrogens is 140 g/mol. The molecule has 0 aromatic carbocycles. The summed E-state index contributed by atoms with van der Waals surface area (Å²) < 4.78 is 0. The van der Waals surface area contributed by atoms with Crippen molar-refractivity contribution in [3.05, 3.63) is 0 Å². The third-order valence-electron chi connectivity index (χ3n) is 1.78. The number of hydrogen-bond donors (Lipinski definition) is 0. The van der Waals surface area contributed by atoms with E-state index in [2.05, 4.69) is 6.92 Å². The Kier molecular flexibility index (Phi) is 5.71. The van der Waals surface area contributed by atoms with Gasteiger partial charge in [0.25, 0.3) is 0 Å². The number of carbonyl (C=O) groups excluding carboxylic acids is 2. The van der Waals surface area contributed by atoms with E-state index in [1.807, 2.05) is 6.92 Å².